The van der Waals surface area contributed by atoms with Crippen molar-refractivity contribution in [2.45, 2.75) is 12.7 Å². The molecular formula is C14H14F3NO3. The van der Waals surface area contributed by atoms with Gasteiger partial charge < -0.3 is 15.2 Å². The SMILES string of the molecule is O=C(COCC(F)(F)F)NCc1ccc(C#CCO)cc1. The quantitative estimate of drug-likeness (QED) is 0.804. The molecule has 0 saturated carbocycles. The van der Waals surface area contributed by atoms with Crippen molar-refractivity contribution in [3.63, 3.8) is 0 Å². The molecule has 0 aliphatic heterocycles. The van der Waals surface area contributed by atoms with Crippen LogP contribution in [0.2, 0.25) is 0 Å². The average molecular weight is 301 g/mol. The third-order valence-electron chi connectivity index (χ3n) is 2.25. The lowest BCUT2D eigenvalue weighted by molar-refractivity contribution is -0.175. The Morgan fingerprint density at radius 1 is 1.29 bits per heavy atom. The van der Waals surface area contributed by atoms with Gasteiger partial charge in [-0.1, -0.05) is 24.0 Å². The molecule has 1 amide bonds. The highest BCUT2D eigenvalue weighted by molar-refractivity contribution is 5.77. The van der Waals surface area contributed by atoms with Gasteiger partial charge in [-0.3, -0.25) is 4.79 Å². The van der Waals surface area contributed by atoms with Crippen LogP contribution in [0, 0.1) is 11.8 Å². The predicted octanol–water partition coefficient (Wildman–Crippen LogP) is 1.23. The van der Waals surface area contributed by atoms with Crippen LogP contribution in [-0.4, -0.2) is 37.0 Å². The maximum atomic E-state index is 11.8. The number of nitrogens with one attached hydrogen (secondary N) is 1. The van der Waals surface area contributed by atoms with Crippen LogP contribution < -0.4 is 5.32 Å². The molecule has 21 heavy (non-hydrogen) atoms. The minimum Gasteiger partial charge on any atom is -0.384 e. The smallest absolute Gasteiger partial charge is 0.384 e. The molecule has 0 aromatic heterocycles. The summed E-state index contributed by atoms with van der Waals surface area (Å²) in [6.45, 7) is -2.13. The Balaban J connectivity index is 2.33. The van der Waals surface area contributed by atoms with E-state index in [9.17, 15) is 18.0 Å². The number of hydrogen-bond acceptors (Lipinski definition) is 3. The standard InChI is InChI=1S/C14H14F3NO3/c15-14(16,17)10-21-9-13(20)18-8-12-5-3-11(4-6-12)2-1-7-19/h3-6,19H,7-10H2,(H,18,20). The van der Waals surface area contributed by atoms with Gasteiger partial charge in [0.1, 0.15) is 19.8 Å². The molecule has 114 valence electrons. The molecule has 0 spiro atoms. The molecule has 0 fully saturated rings. The summed E-state index contributed by atoms with van der Waals surface area (Å²) in [5, 5.41) is 11.0. The van der Waals surface area contributed by atoms with Crippen LogP contribution >= 0.6 is 0 Å². The molecule has 0 atom stereocenters. The Labute approximate surface area is 119 Å². The first-order valence-corrected chi connectivity index (χ1v) is 6.00. The average Bonchev–Trinajstić information content (AvgIpc) is 2.42. The molecule has 0 unspecified atom stereocenters. The van der Waals surface area contributed by atoms with Gasteiger partial charge in [0, 0.05) is 12.1 Å². The van der Waals surface area contributed by atoms with Gasteiger partial charge in [0.2, 0.25) is 5.91 Å². The van der Waals surface area contributed by atoms with E-state index in [0.29, 0.717) is 5.56 Å². The molecule has 7 heteroatoms. The number of carbonyl (C=O) groups excluding carboxylic acids is 1. The summed E-state index contributed by atoms with van der Waals surface area (Å²) in [4.78, 5) is 11.3. The lowest BCUT2D eigenvalue weighted by Crippen LogP contribution is -2.29. The number of aliphatic hydroxyl groups is 1. The van der Waals surface area contributed by atoms with Crippen LogP contribution in [0.25, 0.3) is 0 Å². The van der Waals surface area contributed by atoms with Gasteiger partial charge in [0.25, 0.3) is 0 Å². The molecule has 1 aromatic rings. The lowest BCUT2D eigenvalue weighted by Gasteiger charge is -2.08. The summed E-state index contributed by atoms with van der Waals surface area (Å²) in [6.07, 6.45) is -4.44. The number of halogens is 3. The van der Waals surface area contributed by atoms with E-state index in [1.165, 1.54) is 0 Å². The van der Waals surface area contributed by atoms with E-state index in [0.717, 1.165) is 5.56 Å². The molecular weight excluding hydrogens is 287 g/mol. The zero-order chi connectivity index (χ0) is 15.7. The van der Waals surface area contributed by atoms with E-state index in [1.54, 1.807) is 24.3 Å². The van der Waals surface area contributed by atoms with Gasteiger partial charge in [0.15, 0.2) is 0 Å². The fourth-order valence-corrected chi connectivity index (χ4v) is 1.36. The second-order valence-electron chi connectivity index (χ2n) is 4.04. The number of ether oxygens (including phenoxy) is 1. The normalized spacial score (nSPS) is 10.7. The monoisotopic (exact) mass is 301 g/mol. The number of hydrogen-bond donors (Lipinski definition) is 2. The first-order chi connectivity index (χ1) is 9.90. The van der Waals surface area contributed by atoms with Crippen molar-refractivity contribution in [2.24, 2.45) is 0 Å². The predicted molar refractivity (Wildman–Crippen MR) is 69.1 cm³/mol. The van der Waals surface area contributed by atoms with Crippen LogP contribution in [0.3, 0.4) is 0 Å². The fraction of sp³-hybridized carbons (Fsp3) is 0.357. The highest BCUT2D eigenvalue weighted by atomic mass is 19.4. The van der Waals surface area contributed by atoms with Crippen molar-refractivity contribution in [3.05, 3.63) is 35.4 Å². The minimum absolute atomic E-state index is 0.182. The van der Waals surface area contributed by atoms with Crippen molar-refractivity contribution in [2.75, 3.05) is 19.8 Å². The van der Waals surface area contributed by atoms with Crippen LogP contribution in [0.4, 0.5) is 13.2 Å². The van der Waals surface area contributed by atoms with Gasteiger partial charge in [-0.15, -0.1) is 0 Å². The summed E-state index contributed by atoms with van der Waals surface area (Å²) in [5.41, 5.74) is 1.49. The van der Waals surface area contributed by atoms with E-state index in [1.807, 2.05) is 0 Å². The molecule has 1 aromatic carbocycles. The van der Waals surface area contributed by atoms with E-state index < -0.39 is 25.3 Å². The van der Waals surface area contributed by atoms with E-state index in [-0.39, 0.29) is 13.2 Å². The zero-order valence-corrected chi connectivity index (χ0v) is 11.0. The number of benzene rings is 1. The molecule has 0 saturated heterocycles. The number of alkyl halides is 3. The molecule has 0 aliphatic rings. The molecule has 0 aliphatic carbocycles. The van der Waals surface area contributed by atoms with Crippen molar-refractivity contribution in [1.29, 1.82) is 0 Å². The highest BCUT2D eigenvalue weighted by Gasteiger charge is 2.27. The molecule has 0 radical (unpaired) electrons. The van der Waals surface area contributed by atoms with Crippen LogP contribution in [-0.2, 0) is 16.1 Å². The van der Waals surface area contributed by atoms with Crippen molar-refractivity contribution >= 4 is 5.91 Å². The molecule has 4 nitrogen and oxygen atoms in total. The number of amides is 1. The Morgan fingerprint density at radius 2 is 1.95 bits per heavy atom. The maximum absolute atomic E-state index is 11.8. The van der Waals surface area contributed by atoms with E-state index in [2.05, 4.69) is 21.9 Å². The van der Waals surface area contributed by atoms with Crippen LogP contribution in [0.15, 0.2) is 24.3 Å². The Bertz CT molecular complexity index is 515. The lowest BCUT2D eigenvalue weighted by atomic mass is 10.1. The van der Waals surface area contributed by atoms with Gasteiger partial charge in [-0.05, 0) is 17.7 Å². The maximum Gasteiger partial charge on any atom is 0.411 e. The second kappa shape index (κ2) is 8.29. The second-order valence-corrected chi connectivity index (χ2v) is 4.04. The summed E-state index contributed by atoms with van der Waals surface area (Å²) in [5.74, 6) is 4.59. The Morgan fingerprint density at radius 3 is 2.52 bits per heavy atom. The Kier molecular flexibility index (Phi) is 6.72. The fourth-order valence-electron chi connectivity index (χ4n) is 1.36. The highest BCUT2D eigenvalue weighted by Crippen LogP contribution is 2.14. The van der Waals surface area contributed by atoms with Crippen molar-refractivity contribution in [1.82, 2.24) is 5.32 Å². The van der Waals surface area contributed by atoms with Gasteiger partial charge in [-0.2, -0.15) is 13.2 Å². The van der Waals surface area contributed by atoms with Gasteiger partial charge in [-0.25, -0.2) is 0 Å². The zero-order valence-electron chi connectivity index (χ0n) is 11.0. The molecule has 0 bridgehead atoms. The van der Waals surface area contributed by atoms with Gasteiger partial charge in [0.05, 0.1) is 0 Å². The number of rotatable bonds is 5. The third kappa shape index (κ3) is 7.97. The van der Waals surface area contributed by atoms with Crippen molar-refractivity contribution in [3.8, 4) is 11.8 Å². The molecule has 0 heterocycles. The first kappa shape index (κ1) is 17.0. The third-order valence-corrected chi connectivity index (χ3v) is 2.25. The largest absolute Gasteiger partial charge is 0.411 e. The van der Waals surface area contributed by atoms with Crippen LogP contribution in [0.5, 0.6) is 0 Å². The number of aliphatic hydroxyl groups excluding tert-OH is 1. The molecule has 2 N–H and O–H groups in total. The summed E-state index contributed by atoms with van der Waals surface area (Å²) in [6, 6.07) is 6.87. The molecule has 1 rings (SSSR count). The summed E-state index contributed by atoms with van der Waals surface area (Å²) >= 11 is 0. The van der Waals surface area contributed by atoms with Crippen molar-refractivity contribution < 1.29 is 27.8 Å². The Hall–Kier alpha value is -2.04. The summed E-state index contributed by atoms with van der Waals surface area (Å²) in [7, 11) is 0. The van der Waals surface area contributed by atoms with Crippen LogP contribution in [0.1, 0.15) is 11.1 Å². The topological polar surface area (TPSA) is 58.6 Å². The minimum atomic E-state index is -4.44. The summed E-state index contributed by atoms with van der Waals surface area (Å²) < 4.78 is 39.6. The number of carbonyl (C=O) groups is 1. The van der Waals surface area contributed by atoms with E-state index >= 15 is 0 Å². The van der Waals surface area contributed by atoms with Gasteiger partial charge >= 0.3 is 6.18 Å². The first-order valence-electron chi connectivity index (χ1n) is 6.00. The van der Waals surface area contributed by atoms with E-state index in [4.69, 9.17) is 5.11 Å².